The second kappa shape index (κ2) is 6.36. The van der Waals surface area contributed by atoms with Crippen molar-refractivity contribution in [3.63, 3.8) is 0 Å². The highest BCUT2D eigenvalue weighted by Gasteiger charge is 2.21. The first-order chi connectivity index (χ1) is 8.24. The molecule has 17 heavy (non-hydrogen) atoms. The summed E-state index contributed by atoms with van der Waals surface area (Å²) in [4.78, 5) is 14.1. The highest BCUT2D eigenvalue weighted by Crippen LogP contribution is 2.19. The molecule has 0 saturated carbocycles. The van der Waals surface area contributed by atoms with Crippen molar-refractivity contribution in [2.75, 3.05) is 33.3 Å². The molecule has 4 heteroatoms. The quantitative estimate of drug-likeness (QED) is 0.797. The third-order valence-corrected chi connectivity index (χ3v) is 3.86. The SMILES string of the molecule is CN1CCC(CC(=O)NC[C@@H]2CCCO2)CC1. The van der Waals surface area contributed by atoms with Gasteiger partial charge >= 0.3 is 0 Å². The van der Waals surface area contributed by atoms with Crippen LogP contribution in [0.4, 0.5) is 0 Å². The number of rotatable bonds is 4. The molecule has 2 saturated heterocycles. The highest BCUT2D eigenvalue weighted by atomic mass is 16.5. The molecular weight excluding hydrogens is 216 g/mol. The van der Waals surface area contributed by atoms with E-state index in [1.165, 1.54) is 0 Å². The van der Waals surface area contributed by atoms with Crippen LogP contribution in [-0.2, 0) is 9.53 Å². The van der Waals surface area contributed by atoms with Crippen LogP contribution >= 0.6 is 0 Å². The summed E-state index contributed by atoms with van der Waals surface area (Å²) < 4.78 is 5.49. The second-order valence-electron chi connectivity index (χ2n) is 5.39. The van der Waals surface area contributed by atoms with Crippen LogP contribution in [0.25, 0.3) is 0 Å². The van der Waals surface area contributed by atoms with Gasteiger partial charge in [0.15, 0.2) is 0 Å². The zero-order valence-electron chi connectivity index (χ0n) is 10.8. The van der Waals surface area contributed by atoms with Gasteiger partial charge in [0.1, 0.15) is 0 Å². The molecule has 4 nitrogen and oxygen atoms in total. The van der Waals surface area contributed by atoms with Crippen LogP contribution in [-0.4, -0.2) is 50.2 Å². The van der Waals surface area contributed by atoms with E-state index < -0.39 is 0 Å². The molecule has 1 amide bonds. The Morgan fingerprint density at radius 1 is 1.35 bits per heavy atom. The van der Waals surface area contributed by atoms with E-state index in [0.29, 0.717) is 18.9 Å². The topological polar surface area (TPSA) is 41.6 Å². The lowest BCUT2D eigenvalue weighted by Crippen LogP contribution is -2.36. The van der Waals surface area contributed by atoms with Crippen molar-refractivity contribution in [3.8, 4) is 0 Å². The van der Waals surface area contributed by atoms with Gasteiger partial charge in [0.2, 0.25) is 5.91 Å². The summed E-state index contributed by atoms with van der Waals surface area (Å²) in [6.07, 6.45) is 5.49. The molecule has 1 atom stereocenters. The van der Waals surface area contributed by atoms with Crippen molar-refractivity contribution in [2.45, 2.75) is 38.2 Å². The minimum Gasteiger partial charge on any atom is -0.376 e. The Balaban J connectivity index is 1.60. The molecule has 0 bridgehead atoms. The van der Waals surface area contributed by atoms with E-state index in [-0.39, 0.29) is 12.0 Å². The number of hydrogen-bond donors (Lipinski definition) is 1. The molecule has 0 aromatic rings. The number of likely N-dealkylation sites (tertiary alicyclic amines) is 1. The molecule has 0 unspecified atom stereocenters. The predicted molar refractivity (Wildman–Crippen MR) is 66.8 cm³/mol. The molecule has 2 aliphatic rings. The Kier molecular flexibility index (Phi) is 4.80. The average Bonchev–Trinajstić information content (AvgIpc) is 2.83. The molecule has 2 aliphatic heterocycles. The van der Waals surface area contributed by atoms with Gasteiger partial charge in [0.25, 0.3) is 0 Å². The number of piperidine rings is 1. The van der Waals surface area contributed by atoms with Crippen LogP contribution in [0.15, 0.2) is 0 Å². The maximum absolute atomic E-state index is 11.8. The summed E-state index contributed by atoms with van der Waals surface area (Å²) in [6, 6.07) is 0. The lowest BCUT2D eigenvalue weighted by atomic mass is 9.93. The van der Waals surface area contributed by atoms with E-state index in [1.54, 1.807) is 0 Å². The van der Waals surface area contributed by atoms with Gasteiger partial charge in [-0.25, -0.2) is 0 Å². The Labute approximate surface area is 104 Å². The van der Waals surface area contributed by atoms with Crippen molar-refractivity contribution in [2.24, 2.45) is 5.92 Å². The Morgan fingerprint density at radius 2 is 2.12 bits per heavy atom. The maximum atomic E-state index is 11.8. The van der Waals surface area contributed by atoms with Crippen LogP contribution < -0.4 is 5.32 Å². The largest absolute Gasteiger partial charge is 0.376 e. The molecule has 1 N–H and O–H groups in total. The van der Waals surface area contributed by atoms with Gasteiger partial charge in [-0.3, -0.25) is 4.79 Å². The average molecular weight is 240 g/mol. The first kappa shape index (κ1) is 12.8. The summed E-state index contributed by atoms with van der Waals surface area (Å²) in [7, 11) is 2.15. The van der Waals surface area contributed by atoms with Crippen LogP contribution in [0.1, 0.15) is 32.1 Å². The second-order valence-corrected chi connectivity index (χ2v) is 5.39. The third kappa shape index (κ3) is 4.28. The summed E-state index contributed by atoms with van der Waals surface area (Å²) in [6.45, 7) is 3.81. The fraction of sp³-hybridized carbons (Fsp3) is 0.923. The zero-order valence-corrected chi connectivity index (χ0v) is 10.8. The van der Waals surface area contributed by atoms with Gasteiger partial charge in [-0.15, -0.1) is 0 Å². The first-order valence-corrected chi connectivity index (χ1v) is 6.81. The van der Waals surface area contributed by atoms with E-state index in [1.807, 2.05) is 0 Å². The van der Waals surface area contributed by atoms with Crippen molar-refractivity contribution in [1.82, 2.24) is 10.2 Å². The van der Waals surface area contributed by atoms with Crippen LogP contribution in [0, 0.1) is 5.92 Å². The number of carbonyl (C=O) groups excluding carboxylic acids is 1. The van der Waals surface area contributed by atoms with E-state index in [4.69, 9.17) is 4.74 Å². The number of nitrogens with zero attached hydrogens (tertiary/aromatic N) is 1. The maximum Gasteiger partial charge on any atom is 0.220 e. The monoisotopic (exact) mass is 240 g/mol. The van der Waals surface area contributed by atoms with Gasteiger partial charge in [-0.1, -0.05) is 0 Å². The molecule has 0 aliphatic carbocycles. The van der Waals surface area contributed by atoms with Gasteiger partial charge < -0.3 is 15.0 Å². The standard InChI is InChI=1S/C13H24N2O2/c1-15-6-4-11(5-7-15)9-13(16)14-10-12-3-2-8-17-12/h11-12H,2-10H2,1H3,(H,14,16)/t12-/m0/s1. The van der Waals surface area contributed by atoms with Gasteiger partial charge in [-0.2, -0.15) is 0 Å². The van der Waals surface area contributed by atoms with Crippen LogP contribution in [0.2, 0.25) is 0 Å². The fourth-order valence-corrected chi connectivity index (χ4v) is 2.63. The molecular formula is C13H24N2O2. The molecule has 0 radical (unpaired) electrons. The van der Waals surface area contributed by atoms with Crippen LogP contribution in [0.3, 0.4) is 0 Å². The lowest BCUT2D eigenvalue weighted by Gasteiger charge is -2.28. The minimum atomic E-state index is 0.204. The smallest absolute Gasteiger partial charge is 0.220 e. The molecule has 98 valence electrons. The van der Waals surface area contributed by atoms with Crippen LogP contribution in [0.5, 0.6) is 0 Å². The number of nitrogens with one attached hydrogen (secondary N) is 1. The summed E-state index contributed by atoms with van der Waals surface area (Å²) in [5.74, 6) is 0.783. The van der Waals surface area contributed by atoms with Gasteiger partial charge in [0.05, 0.1) is 6.10 Å². The number of ether oxygens (including phenoxy) is 1. The molecule has 0 aromatic carbocycles. The van der Waals surface area contributed by atoms with E-state index >= 15 is 0 Å². The molecule has 0 spiro atoms. The third-order valence-electron chi connectivity index (χ3n) is 3.86. The summed E-state index contributed by atoms with van der Waals surface area (Å²) in [5, 5.41) is 3.01. The molecule has 2 heterocycles. The molecule has 0 aromatic heterocycles. The Morgan fingerprint density at radius 3 is 2.76 bits per heavy atom. The fourth-order valence-electron chi connectivity index (χ4n) is 2.63. The molecule has 2 fully saturated rings. The normalized spacial score (nSPS) is 27.2. The van der Waals surface area contributed by atoms with Crippen molar-refractivity contribution in [1.29, 1.82) is 0 Å². The number of amides is 1. The van der Waals surface area contributed by atoms with E-state index in [0.717, 1.165) is 45.4 Å². The molecule has 2 rings (SSSR count). The number of hydrogen-bond acceptors (Lipinski definition) is 3. The summed E-state index contributed by atoms with van der Waals surface area (Å²) >= 11 is 0. The Bertz CT molecular complexity index is 244. The van der Waals surface area contributed by atoms with E-state index in [9.17, 15) is 4.79 Å². The van der Waals surface area contributed by atoms with Gasteiger partial charge in [-0.05, 0) is 51.7 Å². The van der Waals surface area contributed by atoms with E-state index in [2.05, 4.69) is 17.3 Å². The highest BCUT2D eigenvalue weighted by molar-refractivity contribution is 5.76. The number of carbonyl (C=O) groups is 1. The first-order valence-electron chi connectivity index (χ1n) is 6.81. The van der Waals surface area contributed by atoms with Crippen molar-refractivity contribution < 1.29 is 9.53 Å². The zero-order chi connectivity index (χ0) is 12.1. The lowest BCUT2D eigenvalue weighted by molar-refractivity contribution is -0.122. The summed E-state index contributed by atoms with van der Waals surface area (Å²) in [5.41, 5.74) is 0. The predicted octanol–water partition coefficient (Wildman–Crippen LogP) is 1.01. The minimum absolute atomic E-state index is 0.204. The van der Waals surface area contributed by atoms with Crippen molar-refractivity contribution >= 4 is 5.91 Å². The van der Waals surface area contributed by atoms with Gasteiger partial charge in [0, 0.05) is 19.6 Å². The Hall–Kier alpha value is -0.610. The van der Waals surface area contributed by atoms with Crippen molar-refractivity contribution in [3.05, 3.63) is 0 Å².